The van der Waals surface area contributed by atoms with E-state index in [-0.39, 0.29) is 6.79 Å². The molecule has 0 unspecified atom stereocenters. The van der Waals surface area contributed by atoms with E-state index in [0.717, 1.165) is 23.1 Å². The zero-order chi connectivity index (χ0) is 13.9. The molecule has 0 amide bonds. The van der Waals surface area contributed by atoms with Gasteiger partial charge in [-0.3, -0.25) is 0 Å². The molecule has 1 heterocycles. The van der Waals surface area contributed by atoms with Gasteiger partial charge < -0.3 is 14.8 Å². The van der Waals surface area contributed by atoms with E-state index in [1.165, 1.54) is 12.1 Å². The monoisotopic (exact) mass is 277 g/mol. The first kappa shape index (κ1) is 12.9. The van der Waals surface area contributed by atoms with Crippen molar-refractivity contribution in [3.05, 3.63) is 59.2 Å². The van der Waals surface area contributed by atoms with Crippen molar-refractivity contribution in [2.24, 2.45) is 0 Å². The SMILES string of the molecule is Fc1ccc(CNCc2ccc3c(c2)OCO3)c(F)c1. The van der Waals surface area contributed by atoms with Crippen LogP contribution in [-0.4, -0.2) is 6.79 Å². The Bertz CT molecular complexity index is 631. The Balaban J connectivity index is 1.60. The Hall–Kier alpha value is -2.14. The summed E-state index contributed by atoms with van der Waals surface area (Å²) in [4.78, 5) is 0. The van der Waals surface area contributed by atoms with E-state index >= 15 is 0 Å². The van der Waals surface area contributed by atoms with Gasteiger partial charge in [0.15, 0.2) is 11.5 Å². The largest absolute Gasteiger partial charge is 0.454 e. The summed E-state index contributed by atoms with van der Waals surface area (Å²) in [7, 11) is 0. The second kappa shape index (κ2) is 5.46. The van der Waals surface area contributed by atoms with Gasteiger partial charge in [0.2, 0.25) is 6.79 Å². The van der Waals surface area contributed by atoms with E-state index in [9.17, 15) is 8.78 Å². The van der Waals surface area contributed by atoms with Crippen molar-refractivity contribution in [2.75, 3.05) is 6.79 Å². The predicted molar refractivity (Wildman–Crippen MR) is 69.5 cm³/mol. The van der Waals surface area contributed by atoms with Crippen LogP contribution in [0.3, 0.4) is 0 Å². The van der Waals surface area contributed by atoms with E-state index < -0.39 is 11.6 Å². The van der Waals surface area contributed by atoms with Gasteiger partial charge in [0.25, 0.3) is 0 Å². The molecule has 0 saturated carbocycles. The molecule has 0 radical (unpaired) electrons. The summed E-state index contributed by atoms with van der Waals surface area (Å²) in [6, 6.07) is 9.23. The standard InChI is InChI=1S/C15H13F2NO2/c16-12-3-2-11(13(17)6-12)8-18-7-10-1-4-14-15(5-10)20-9-19-14/h1-6,18H,7-9H2. The van der Waals surface area contributed by atoms with E-state index in [2.05, 4.69) is 5.32 Å². The molecule has 0 fully saturated rings. The normalized spacial score (nSPS) is 12.7. The van der Waals surface area contributed by atoms with Gasteiger partial charge in [0, 0.05) is 24.7 Å². The van der Waals surface area contributed by atoms with Crippen molar-refractivity contribution in [1.29, 1.82) is 0 Å². The average molecular weight is 277 g/mol. The van der Waals surface area contributed by atoms with Gasteiger partial charge in [0.05, 0.1) is 0 Å². The minimum Gasteiger partial charge on any atom is -0.454 e. The number of fused-ring (bicyclic) bond motifs is 1. The van der Waals surface area contributed by atoms with E-state index in [4.69, 9.17) is 9.47 Å². The summed E-state index contributed by atoms with van der Waals surface area (Å²) < 4.78 is 36.7. The molecule has 0 atom stereocenters. The quantitative estimate of drug-likeness (QED) is 0.932. The van der Waals surface area contributed by atoms with Crippen LogP contribution >= 0.6 is 0 Å². The highest BCUT2D eigenvalue weighted by Gasteiger charge is 2.13. The number of halogens is 2. The summed E-state index contributed by atoms with van der Waals surface area (Å²) in [5.41, 5.74) is 1.45. The molecule has 0 bridgehead atoms. The van der Waals surface area contributed by atoms with Crippen molar-refractivity contribution in [3.63, 3.8) is 0 Å². The first-order valence-electron chi connectivity index (χ1n) is 6.25. The molecule has 1 N–H and O–H groups in total. The van der Waals surface area contributed by atoms with Crippen molar-refractivity contribution in [3.8, 4) is 11.5 Å². The number of rotatable bonds is 4. The zero-order valence-electron chi connectivity index (χ0n) is 10.7. The van der Waals surface area contributed by atoms with Crippen LogP contribution in [0.4, 0.5) is 8.78 Å². The topological polar surface area (TPSA) is 30.5 Å². The molecule has 5 heteroatoms. The van der Waals surface area contributed by atoms with Crippen molar-refractivity contribution >= 4 is 0 Å². The Kier molecular flexibility index (Phi) is 3.52. The van der Waals surface area contributed by atoms with Crippen molar-refractivity contribution in [1.82, 2.24) is 5.32 Å². The van der Waals surface area contributed by atoms with Gasteiger partial charge in [-0.15, -0.1) is 0 Å². The fraction of sp³-hybridized carbons (Fsp3) is 0.200. The number of ether oxygens (including phenoxy) is 2. The molecule has 1 aliphatic rings. The van der Waals surface area contributed by atoms with Crippen LogP contribution in [0.5, 0.6) is 11.5 Å². The maximum Gasteiger partial charge on any atom is 0.231 e. The average Bonchev–Trinajstić information content (AvgIpc) is 2.89. The van der Waals surface area contributed by atoms with E-state index in [0.29, 0.717) is 18.7 Å². The summed E-state index contributed by atoms with van der Waals surface area (Å²) in [6.07, 6.45) is 0. The molecule has 0 aliphatic carbocycles. The second-order valence-corrected chi connectivity index (χ2v) is 4.53. The van der Waals surface area contributed by atoms with Gasteiger partial charge in [-0.25, -0.2) is 8.78 Å². The maximum absolute atomic E-state index is 13.4. The summed E-state index contributed by atoms with van der Waals surface area (Å²) in [5.74, 6) is 0.348. The molecule has 3 rings (SSSR count). The third kappa shape index (κ3) is 2.72. The lowest BCUT2D eigenvalue weighted by Gasteiger charge is -2.07. The van der Waals surface area contributed by atoms with Gasteiger partial charge >= 0.3 is 0 Å². The minimum absolute atomic E-state index is 0.243. The molecule has 2 aromatic carbocycles. The van der Waals surface area contributed by atoms with Crippen molar-refractivity contribution in [2.45, 2.75) is 13.1 Å². The Morgan fingerprint density at radius 3 is 2.65 bits per heavy atom. The summed E-state index contributed by atoms with van der Waals surface area (Å²) in [5, 5.41) is 3.11. The molecule has 3 nitrogen and oxygen atoms in total. The van der Waals surface area contributed by atoms with E-state index in [1.807, 2.05) is 18.2 Å². The number of benzene rings is 2. The molecule has 0 spiro atoms. The number of hydrogen-bond acceptors (Lipinski definition) is 3. The molecule has 0 aromatic heterocycles. The lowest BCUT2D eigenvalue weighted by atomic mass is 10.1. The predicted octanol–water partition coefficient (Wildman–Crippen LogP) is 2.98. The molecular formula is C15H13F2NO2. The van der Waals surface area contributed by atoms with Gasteiger partial charge in [-0.05, 0) is 23.8 Å². The molecule has 104 valence electrons. The lowest BCUT2D eigenvalue weighted by molar-refractivity contribution is 0.174. The number of hydrogen-bond donors (Lipinski definition) is 1. The zero-order valence-corrected chi connectivity index (χ0v) is 10.7. The first-order chi connectivity index (χ1) is 9.72. The lowest BCUT2D eigenvalue weighted by Crippen LogP contribution is -2.13. The smallest absolute Gasteiger partial charge is 0.231 e. The minimum atomic E-state index is -0.568. The highest BCUT2D eigenvalue weighted by molar-refractivity contribution is 5.44. The molecular weight excluding hydrogens is 264 g/mol. The molecule has 2 aromatic rings. The summed E-state index contributed by atoms with van der Waals surface area (Å²) >= 11 is 0. The van der Waals surface area contributed by atoms with Crippen molar-refractivity contribution < 1.29 is 18.3 Å². The van der Waals surface area contributed by atoms with Crippen LogP contribution in [0.1, 0.15) is 11.1 Å². The Morgan fingerprint density at radius 2 is 1.80 bits per heavy atom. The Labute approximate surface area is 115 Å². The fourth-order valence-electron chi connectivity index (χ4n) is 2.06. The highest BCUT2D eigenvalue weighted by Crippen LogP contribution is 2.32. The Morgan fingerprint density at radius 1 is 0.950 bits per heavy atom. The number of nitrogens with one attached hydrogen (secondary N) is 1. The van der Waals surface area contributed by atoms with Crippen LogP contribution in [0, 0.1) is 11.6 Å². The van der Waals surface area contributed by atoms with Crippen LogP contribution in [0.2, 0.25) is 0 Å². The third-order valence-electron chi connectivity index (χ3n) is 3.10. The van der Waals surface area contributed by atoms with Crippen LogP contribution in [0.25, 0.3) is 0 Å². The first-order valence-corrected chi connectivity index (χ1v) is 6.25. The summed E-state index contributed by atoms with van der Waals surface area (Å²) in [6.45, 7) is 1.14. The fourth-order valence-corrected chi connectivity index (χ4v) is 2.06. The molecule has 1 aliphatic heterocycles. The molecule has 20 heavy (non-hydrogen) atoms. The van der Waals surface area contributed by atoms with Crippen LogP contribution < -0.4 is 14.8 Å². The van der Waals surface area contributed by atoms with Crippen LogP contribution in [0.15, 0.2) is 36.4 Å². The third-order valence-corrected chi connectivity index (χ3v) is 3.10. The van der Waals surface area contributed by atoms with Crippen LogP contribution in [-0.2, 0) is 13.1 Å². The molecule has 0 saturated heterocycles. The van der Waals surface area contributed by atoms with Gasteiger partial charge in [0.1, 0.15) is 11.6 Å². The van der Waals surface area contributed by atoms with E-state index in [1.54, 1.807) is 0 Å². The maximum atomic E-state index is 13.4. The van der Waals surface area contributed by atoms with Gasteiger partial charge in [-0.1, -0.05) is 12.1 Å². The van der Waals surface area contributed by atoms with Gasteiger partial charge in [-0.2, -0.15) is 0 Å². The highest BCUT2D eigenvalue weighted by atomic mass is 19.1. The second-order valence-electron chi connectivity index (χ2n) is 4.53.